The Bertz CT molecular complexity index is 680. The van der Waals surface area contributed by atoms with Crippen LogP contribution in [-0.4, -0.2) is 58.9 Å². The number of rotatable bonds is 14. The van der Waals surface area contributed by atoms with E-state index in [0.29, 0.717) is 26.1 Å². The quantitative estimate of drug-likeness (QED) is 0.293. The van der Waals surface area contributed by atoms with Gasteiger partial charge in [-0.1, -0.05) is 13.8 Å². The number of nitrogens with one attached hydrogen (secondary N) is 3. The summed E-state index contributed by atoms with van der Waals surface area (Å²) in [6.45, 7) is 5.39. The number of carbonyl (C=O) groups excluding carboxylic acids is 2. The third kappa shape index (κ3) is 7.47. The van der Waals surface area contributed by atoms with Gasteiger partial charge in [0, 0.05) is 26.1 Å². The zero-order chi connectivity index (χ0) is 20.9. The van der Waals surface area contributed by atoms with Crippen LogP contribution in [0.3, 0.4) is 0 Å². The van der Waals surface area contributed by atoms with E-state index in [1.165, 1.54) is 0 Å². The fourth-order valence-corrected chi connectivity index (χ4v) is 2.27. The Morgan fingerprint density at radius 1 is 0.929 bits per heavy atom. The van der Waals surface area contributed by atoms with Crippen LogP contribution in [0.1, 0.15) is 66.9 Å². The smallest absolute Gasteiger partial charge is 0.305 e. The third-order valence-electron chi connectivity index (χ3n) is 3.69. The van der Waals surface area contributed by atoms with Gasteiger partial charge in [-0.15, -0.1) is 0 Å². The normalized spacial score (nSPS) is 10.4. The lowest BCUT2D eigenvalue weighted by molar-refractivity contribution is -0.136. The van der Waals surface area contributed by atoms with Crippen LogP contribution in [0.4, 0.5) is 11.6 Å². The van der Waals surface area contributed by atoms with Gasteiger partial charge in [-0.3, -0.25) is 14.4 Å². The van der Waals surface area contributed by atoms with Gasteiger partial charge in [-0.25, -0.2) is 9.97 Å². The Balaban J connectivity index is 3.24. The Morgan fingerprint density at radius 3 is 2.04 bits per heavy atom. The number of Topliss-reactive ketones (excluding diaryl/α,β-unsaturated/α-hetero) is 1. The summed E-state index contributed by atoms with van der Waals surface area (Å²) in [7, 11) is 0. The van der Waals surface area contributed by atoms with Gasteiger partial charge in [0.2, 0.25) is 0 Å². The minimum Gasteiger partial charge on any atom is -0.481 e. The molecule has 0 aliphatic heterocycles. The van der Waals surface area contributed by atoms with Crippen LogP contribution in [0.15, 0.2) is 0 Å². The first-order valence-corrected chi connectivity index (χ1v) is 9.57. The minimum atomic E-state index is -1.01. The maximum Gasteiger partial charge on any atom is 0.305 e. The van der Waals surface area contributed by atoms with E-state index >= 15 is 0 Å². The molecule has 10 heteroatoms. The highest BCUT2D eigenvalue weighted by atomic mass is 16.4. The van der Waals surface area contributed by atoms with E-state index in [1.54, 1.807) is 0 Å². The summed E-state index contributed by atoms with van der Waals surface area (Å²) in [5.41, 5.74) is 5.68. The summed E-state index contributed by atoms with van der Waals surface area (Å²) < 4.78 is 0. The number of hydrogen-bond acceptors (Lipinski definition) is 8. The molecular formula is C18H30N6O4. The molecule has 28 heavy (non-hydrogen) atoms. The number of carboxylic acids is 1. The molecular weight excluding hydrogens is 364 g/mol. The third-order valence-corrected chi connectivity index (χ3v) is 3.69. The zero-order valence-electron chi connectivity index (χ0n) is 16.5. The van der Waals surface area contributed by atoms with Crippen LogP contribution in [0, 0.1) is 0 Å². The van der Waals surface area contributed by atoms with Crippen molar-refractivity contribution in [1.29, 1.82) is 0 Å². The van der Waals surface area contributed by atoms with Gasteiger partial charge in [0.15, 0.2) is 28.8 Å². The van der Waals surface area contributed by atoms with Gasteiger partial charge < -0.3 is 26.8 Å². The van der Waals surface area contributed by atoms with Gasteiger partial charge in [-0.2, -0.15) is 0 Å². The molecule has 0 unspecified atom stereocenters. The standard InChI is InChI=1S/C18H30N6O4/c1-3-9-20-16-14(12(25)6-5-8-19)23-17(21-10-4-2)15(24-16)18(28)22-11-7-13(26)27/h3-11,19H2,1-2H3,(H,20,24)(H,21,23)(H,22,28)(H,26,27). The summed E-state index contributed by atoms with van der Waals surface area (Å²) in [6, 6.07) is 0. The molecule has 1 aromatic heterocycles. The Morgan fingerprint density at radius 2 is 1.50 bits per heavy atom. The van der Waals surface area contributed by atoms with Crippen LogP contribution in [0.25, 0.3) is 0 Å². The number of ketones is 1. The number of anilines is 2. The second kappa shape index (κ2) is 12.6. The lowest BCUT2D eigenvalue weighted by Crippen LogP contribution is -2.29. The van der Waals surface area contributed by atoms with Gasteiger partial charge in [0.05, 0.1) is 6.42 Å². The van der Waals surface area contributed by atoms with Crippen LogP contribution in [0.2, 0.25) is 0 Å². The number of carboxylic acid groups (broad SMARTS) is 1. The van der Waals surface area contributed by atoms with Crippen molar-refractivity contribution in [2.75, 3.05) is 36.8 Å². The minimum absolute atomic E-state index is 0.0211. The lowest BCUT2D eigenvalue weighted by Gasteiger charge is -2.15. The Hall–Kier alpha value is -2.75. The van der Waals surface area contributed by atoms with Gasteiger partial charge in [0.25, 0.3) is 5.91 Å². The molecule has 0 aromatic carbocycles. The van der Waals surface area contributed by atoms with Crippen molar-refractivity contribution in [2.24, 2.45) is 5.73 Å². The van der Waals surface area contributed by atoms with Crippen molar-refractivity contribution in [3.63, 3.8) is 0 Å². The molecule has 1 amide bonds. The van der Waals surface area contributed by atoms with Gasteiger partial charge >= 0.3 is 5.97 Å². The number of nitrogens with two attached hydrogens (primary N) is 1. The molecule has 0 fully saturated rings. The second-order valence-corrected chi connectivity index (χ2v) is 6.19. The molecule has 0 aliphatic carbocycles. The fraction of sp³-hybridized carbons (Fsp3) is 0.611. The van der Waals surface area contributed by atoms with Crippen LogP contribution < -0.4 is 21.7 Å². The lowest BCUT2D eigenvalue weighted by atomic mass is 10.1. The first-order chi connectivity index (χ1) is 13.4. The molecule has 0 saturated heterocycles. The van der Waals surface area contributed by atoms with E-state index in [0.717, 1.165) is 12.8 Å². The molecule has 0 saturated carbocycles. The number of aromatic nitrogens is 2. The van der Waals surface area contributed by atoms with E-state index < -0.39 is 11.9 Å². The molecule has 156 valence electrons. The number of hydrogen-bond donors (Lipinski definition) is 5. The van der Waals surface area contributed by atoms with E-state index in [2.05, 4.69) is 25.9 Å². The van der Waals surface area contributed by atoms with Crippen molar-refractivity contribution in [1.82, 2.24) is 15.3 Å². The average Bonchev–Trinajstić information content (AvgIpc) is 2.68. The van der Waals surface area contributed by atoms with Crippen LogP contribution in [0.5, 0.6) is 0 Å². The maximum atomic E-state index is 12.6. The van der Waals surface area contributed by atoms with Crippen molar-refractivity contribution < 1.29 is 19.5 Å². The van der Waals surface area contributed by atoms with Gasteiger partial charge in [0.1, 0.15) is 0 Å². The van der Waals surface area contributed by atoms with Crippen molar-refractivity contribution in [3.8, 4) is 0 Å². The van der Waals surface area contributed by atoms with E-state index in [9.17, 15) is 14.4 Å². The molecule has 0 atom stereocenters. The molecule has 0 spiro atoms. The first-order valence-electron chi connectivity index (χ1n) is 9.57. The average molecular weight is 394 g/mol. The van der Waals surface area contributed by atoms with E-state index in [-0.39, 0.29) is 48.2 Å². The highest BCUT2D eigenvalue weighted by molar-refractivity contribution is 6.02. The molecule has 0 radical (unpaired) electrons. The maximum absolute atomic E-state index is 12.6. The summed E-state index contributed by atoms with van der Waals surface area (Å²) >= 11 is 0. The molecule has 6 N–H and O–H groups in total. The van der Waals surface area contributed by atoms with Gasteiger partial charge in [-0.05, 0) is 25.8 Å². The summed E-state index contributed by atoms with van der Waals surface area (Å²) in [4.78, 5) is 44.4. The monoisotopic (exact) mass is 394 g/mol. The van der Waals surface area contributed by atoms with Crippen molar-refractivity contribution in [3.05, 3.63) is 11.4 Å². The topological polar surface area (TPSA) is 159 Å². The molecule has 0 aliphatic rings. The molecule has 1 heterocycles. The predicted octanol–water partition coefficient (Wildman–Crippen LogP) is 1.25. The molecule has 10 nitrogen and oxygen atoms in total. The highest BCUT2D eigenvalue weighted by Crippen LogP contribution is 2.20. The van der Waals surface area contributed by atoms with Crippen LogP contribution in [-0.2, 0) is 4.79 Å². The van der Waals surface area contributed by atoms with Crippen molar-refractivity contribution in [2.45, 2.75) is 46.0 Å². The molecule has 1 aromatic rings. The number of amides is 1. The molecule has 1 rings (SSSR count). The number of nitrogens with zero attached hydrogens (tertiary/aromatic N) is 2. The summed E-state index contributed by atoms with van der Waals surface area (Å²) in [6.07, 6.45) is 2.15. The summed E-state index contributed by atoms with van der Waals surface area (Å²) in [5, 5.41) is 17.3. The number of aliphatic carboxylic acids is 1. The van der Waals surface area contributed by atoms with E-state index in [4.69, 9.17) is 10.8 Å². The first kappa shape index (κ1) is 23.3. The second-order valence-electron chi connectivity index (χ2n) is 6.19. The Labute approximate surface area is 164 Å². The predicted molar refractivity (Wildman–Crippen MR) is 107 cm³/mol. The largest absolute Gasteiger partial charge is 0.481 e. The number of carbonyl (C=O) groups is 3. The summed E-state index contributed by atoms with van der Waals surface area (Å²) in [5.74, 6) is -1.31. The highest BCUT2D eigenvalue weighted by Gasteiger charge is 2.22. The fourth-order valence-electron chi connectivity index (χ4n) is 2.27. The Kier molecular flexibility index (Phi) is 10.5. The van der Waals surface area contributed by atoms with Crippen molar-refractivity contribution >= 4 is 29.3 Å². The molecule has 0 bridgehead atoms. The SMILES string of the molecule is CCCNc1nc(C(=O)NCCC(=O)O)c(NCCC)nc1C(=O)CCCN. The van der Waals surface area contributed by atoms with Crippen LogP contribution >= 0.6 is 0 Å². The zero-order valence-corrected chi connectivity index (χ0v) is 16.5. The van der Waals surface area contributed by atoms with E-state index in [1.807, 2.05) is 13.8 Å².